The number of alkyl halides is 3. The first-order chi connectivity index (χ1) is 7.76. The van der Waals surface area contributed by atoms with Crippen LogP contribution in [0.4, 0.5) is 13.2 Å². The van der Waals surface area contributed by atoms with E-state index in [2.05, 4.69) is 10.3 Å². The van der Waals surface area contributed by atoms with Gasteiger partial charge in [0.05, 0.1) is 0 Å². The predicted molar refractivity (Wildman–Crippen MR) is 58.5 cm³/mol. The predicted octanol–water partition coefficient (Wildman–Crippen LogP) is 0.321. The van der Waals surface area contributed by atoms with Crippen molar-refractivity contribution >= 4 is 11.9 Å². The SMILES string of the molecule is CCCNC(N)=NCC(=O)N(C)CC(F)(F)F. The Morgan fingerprint density at radius 3 is 2.53 bits per heavy atom. The minimum Gasteiger partial charge on any atom is -0.370 e. The van der Waals surface area contributed by atoms with Crippen LogP contribution in [0, 0.1) is 0 Å². The molecular formula is C9H17F3N4O. The van der Waals surface area contributed by atoms with Crippen LogP contribution in [0.2, 0.25) is 0 Å². The quantitative estimate of drug-likeness (QED) is 0.548. The molecule has 0 radical (unpaired) electrons. The van der Waals surface area contributed by atoms with Crippen LogP contribution >= 0.6 is 0 Å². The van der Waals surface area contributed by atoms with Crippen LogP contribution < -0.4 is 11.1 Å². The number of hydrogen-bond donors (Lipinski definition) is 2. The lowest BCUT2D eigenvalue weighted by Crippen LogP contribution is -2.38. The second-order valence-electron chi connectivity index (χ2n) is 3.49. The van der Waals surface area contributed by atoms with Crippen molar-refractivity contribution in [2.75, 3.05) is 26.7 Å². The van der Waals surface area contributed by atoms with Crippen molar-refractivity contribution in [3.63, 3.8) is 0 Å². The monoisotopic (exact) mass is 254 g/mol. The number of nitrogens with zero attached hydrogens (tertiary/aromatic N) is 2. The van der Waals surface area contributed by atoms with Crippen LogP contribution in [-0.2, 0) is 4.79 Å². The average molecular weight is 254 g/mol. The standard InChI is InChI=1S/C9H17F3N4O/c1-3-4-14-8(13)15-5-7(17)16(2)6-9(10,11)12/h3-6H2,1-2H3,(H3,13,14,15). The van der Waals surface area contributed by atoms with E-state index < -0.39 is 25.2 Å². The molecule has 17 heavy (non-hydrogen) atoms. The number of carbonyl (C=O) groups is 1. The first-order valence-corrected chi connectivity index (χ1v) is 5.10. The Kier molecular flexibility index (Phi) is 6.37. The highest BCUT2D eigenvalue weighted by molar-refractivity contribution is 5.83. The molecule has 0 atom stereocenters. The van der Waals surface area contributed by atoms with E-state index in [1.165, 1.54) is 0 Å². The first-order valence-electron chi connectivity index (χ1n) is 5.10. The molecule has 1 amide bonds. The summed E-state index contributed by atoms with van der Waals surface area (Å²) in [4.78, 5) is 15.4. The van der Waals surface area contributed by atoms with Crippen molar-refractivity contribution in [2.45, 2.75) is 19.5 Å². The van der Waals surface area contributed by atoms with Crippen molar-refractivity contribution in [3.05, 3.63) is 0 Å². The molecule has 0 bridgehead atoms. The van der Waals surface area contributed by atoms with E-state index in [4.69, 9.17) is 5.73 Å². The highest BCUT2D eigenvalue weighted by Gasteiger charge is 2.30. The van der Waals surface area contributed by atoms with Crippen molar-refractivity contribution in [3.8, 4) is 0 Å². The maximum Gasteiger partial charge on any atom is 0.406 e. The summed E-state index contributed by atoms with van der Waals surface area (Å²) < 4.78 is 35.9. The van der Waals surface area contributed by atoms with Gasteiger partial charge in [-0.25, -0.2) is 4.99 Å². The summed E-state index contributed by atoms with van der Waals surface area (Å²) in [6.07, 6.45) is -3.57. The zero-order chi connectivity index (χ0) is 13.5. The van der Waals surface area contributed by atoms with Crippen LogP contribution in [0.15, 0.2) is 4.99 Å². The Hall–Kier alpha value is -1.47. The molecule has 0 heterocycles. The largest absolute Gasteiger partial charge is 0.406 e. The van der Waals surface area contributed by atoms with E-state index in [9.17, 15) is 18.0 Å². The van der Waals surface area contributed by atoms with Crippen LogP contribution in [0.1, 0.15) is 13.3 Å². The molecule has 5 nitrogen and oxygen atoms in total. The van der Waals surface area contributed by atoms with Gasteiger partial charge < -0.3 is 16.0 Å². The van der Waals surface area contributed by atoms with Crippen LogP contribution in [0.5, 0.6) is 0 Å². The molecular weight excluding hydrogens is 237 g/mol. The fraction of sp³-hybridized carbons (Fsp3) is 0.778. The van der Waals surface area contributed by atoms with Crippen molar-refractivity contribution in [1.29, 1.82) is 0 Å². The summed E-state index contributed by atoms with van der Waals surface area (Å²) in [5.74, 6) is -0.677. The second kappa shape index (κ2) is 6.97. The number of carbonyl (C=O) groups excluding carboxylic acids is 1. The summed E-state index contributed by atoms with van der Waals surface area (Å²) in [5.41, 5.74) is 5.38. The van der Waals surface area contributed by atoms with Gasteiger partial charge in [-0.1, -0.05) is 6.92 Å². The van der Waals surface area contributed by atoms with Gasteiger partial charge in [0.1, 0.15) is 13.1 Å². The molecule has 100 valence electrons. The van der Waals surface area contributed by atoms with Gasteiger partial charge in [0.15, 0.2) is 5.96 Å². The number of nitrogens with two attached hydrogens (primary N) is 1. The fourth-order valence-corrected chi connectivity index (χ4v) is 0.940. The third-order valence-electron chi connectivity index (χ3n) is 1.78. The van der Waals surface area contributed by atoms with E-state index in [1.54, 1.807) is 0 Å². The second-order valence-corrected chi connectivity index (χ2v) is 3.49. The molecule has 0 aliphatic carbocycles. The summed E-state index contributed by atoms with van der Waals surface area (Å²) >= 11 is 0. The molecule has 0 fully saturated rings. The minimum absolute atomic E-state index is 0.0561. The number of rotatable bonds is 5. The van der Waals surface area contributed by atoms with E-state index in [0.717, 1.165) is 13.5 Å². The molecule has 3 N–H and O–H groups in total. The van der Waals surface area contributed by atoms with Gasteiger partial charge in [-0.3, -0.25) is 4.79 Å². The van der Waals surface area contributed by atoms with Gasteiger partial charge in [-0.05, 0) is 6.42 Å². The maximum absolute atomic E-state index is 12.0. The van der Waals surface area contributed by atoms with Gasteiger partial charge in [0.2, 0.25) is 5.91 Å². The normalized spacial score (nSPS) is 12.4. The lowest BCUT2D eigenvalue weighted by Gasteiger charge is -2.17. The molecule has 0 aromatic rings. The summed E-state index contributed by atoms with van der Waals surface area (Å²) in [5, 5.41) is 2.71. The molecule has 0 unspecified atom stereocenters. The third-order valence-corrected chi connectivity index (χ3v) is 1.78. The summed E-state index contributed by atoms with van der Waals surface area (Å²) in [6, 6.07) is 0. The maximum atomic E-state index is 12.0. The Balaban J connectivity index is 4.08. The number of hydrogen-bond acceptors (Lipinski definition) is 2. The number of guanidine groups is 1. The Labute approximate surface area is 97.9 Å². The van der Waals surface area contributed by atoms with E-state index >= 15 is 0 Å². The number of halogens is 3. The third kappa shape index (κ3) is 8.35. The highest BCUT2D eigenvalue weighted by Crippen LogP contribution is 2.15. The van der Waals surface area contributed by atoms with Crippen LogP contribution in [-0.4, -0.2) is 49.6 Å². The number of nitrogens with one attached hydrogen (secondary N) is 1. The lowest BCUT2D eigenvalue weighted by atomic mass is 10.4. The van der Waals surface area contributed by atoms with Crippen LogP contribution in [0.3, 0.4) is 0 Å². The lowest BCUT2D eigenvalue weighted by molar-refractivity contribution is -0.157. The number of aliphatic imine (C=N–C) groups is 1. The van der Waals surface area contributed by atoms with Crippen molar-refractivity contribution < 1.29 is 18.0 Å². The zero-order valence-corrected chi connectivity index (χ0v) is 9.84. The molecule has 0 aromatic carbocycles. The topological polar surface area (TPSA) is 70.7 Å². The molecule has 0 saturated carbocycles. The molecule has 0 saturated heterocycles. The molecule has 8 heteroatoms. The van der Waals surface area contributed by atoms with Gasteiger partial charge in [-0.15, -0.1) is 0 Å². The fourth-order valence-electron chi connectivity index (χ4n) is 0.940. The Morgan fingerprint density at radius 2 is 2.06 bits per heavy atom. The molecule has 0 aromatic heterocycles. The zero-order valence-electron chi connectivity index (χ0n) is 9.84. The summed E-state index contributed by atoms with van der Waals surface area (Å²) in [6.45, 7) is 0.837. The van der Waals surface area contributed by atoms with Crippen LogP contribution in [0.25, 0.3) is 0 Å². The molecule has 0 spiro atoms. The van der Waals surface area contributed by atoms with Gasteiger partial charge in [-0.2, -0.15) is 13.2 Å². The van der Waals surface area contributed by atoms with Gasteiger partial charge in [0, 0.05) is 13.6 Å². The van der Waals surface area contributed by atoms with E-state index in [1.807, 2.05) is 6.92 Å². The highest BCUT2D eigenvalue weighted by atomic mass is 19.4. The first kappa shape index (κ1) is 15.5. The number of amides is 1. The minimum atomic E-state index is -4.40. The molecule has 0 aliphatic rings. The molecule has 0 aliphatic heterocycles. The van der Waals surface area contributed by atoms with Crippen molar-refractivity contribution in [2.24, 2.45) is 10.7 Å². The Morgan fingerprint density at radius 1 is 1.47 bits per heavy atom. The summed E-state index contributed by atoms with van der Waals surface area (Å²) in [7, 11) is 1.07. The number of likely N-dealkylation sites (N-methyl/N-ethyl adjacent to an activating group) is 1. The van der Waals surface area contributed by atoms with Gasteiger partial charge in [0.25, 0.3) is 0 Å². The van der Waals surface area contributed by atoms with E-state index in [0.29, 0.717) is 11.4 Å². The Bertz CT molecular complexity index is 278. The van der Waals surface area contributed by atoms with Gasteiger partial charge >= 0.3 is 6.18 Å². The van der Waals surface area contributed by atoms with E-state index in [-0.39, 0.29) is 5.96 Å². The molecule has 0 rings (SSSR count). The van der Waals surface area contributed by atoms with Crippen molar-refractivity contribution in [1.82, 2.24) is 10.2 Å². The smallest absolute Gasteiger partial charge is 0.370 e. The average Bonchev–Trinajstić information content (AvgIpc) is 2.20.